The molecule has 0 aliphatic rings. The molecular weight excluding hydrogens is 250 g/mol. The van der Waals surface area contributed by atoms with Crippen molar-refractivity contribution in [3.05, 3.63) is 36.1 Å². The first-order chi connectivity index (χ1) is 9.18. The number of nitrogens with one attached hydrogen (secondary N) is 1. The molecule has 0 saturated heterocycles. The molecule has 1 aromatic carbocycles. The number of carbonyl (C=O) groups is 2. The van der Waals surface area contributed by atoms with Gasteiger partial charge in [-0.25, -0.2) is 4.79 Å². The summed E-state index contributed by atoms with van der Waals surface area (Å²) in [6, 6.07) is 7.23. The van der Waals surface area contributed by atoms with Crippen LogP contribution in [-0.2, 0) is 9.53 Å². The molecule has 0 spiro atoms. The molecule has 19 heavy (non-hydrogen) atoms. The lowest BCUT2D eigenvalue weighted by Crippen LogP contribution is -2.27. The molecule has 0 radical (unpaired) electrons. The summed E-state index contributed by atoms with van der Waals surface area (Å²) in [7, 11) is 0. The van der Waals surface area contributed by atoms with Crippen LogP contribution in [0.1, 0.15) is 10.4 Å². The second-order valence-corrected chi connectivity index (χ2v) is 3.85. The van der Waals surface area contributed by atoms with E-state index in [0.29, 0.717) is 11.1 Å². The van der Waals surface area contributed by atoms with Crippen molar-refractivity contribution < 1.29 is 23.8 Å². The molecule has 1 heterocycles. The highest BCUT2D eigenvalue weighted by molar-refractivity contribution is 6.05. The Bertz CT molecular complexity index is 589. The summed E-state index contributed by atoms with van der Waals surface area (Å²) in [5, 5.41) is 11.7. The zero-order chi connectivity index (χ0) is 13.7. The van der Waals surface area contributed by atoms with E-state index in [1.807, 2.05) is 12.1 Å². The number of carbonyl (C=O) groups excluding carboxylic acids is 1. The molecule has 2 N–H and O–H groups in total. The topological polar surface area (TPSA) is 88.8 Å². The zero-order valence-corrected chi connectivity index (χ0v) is 10.1. The molecule has 1 amide bonds. The van der Waals surface area contributed by atoms with Crippen LogP contribution in [-0.4, -0.2) is 36.7 Å². The summed E-state index contributed by atoms with van der Waals surface area (Å²) < 4.78 is 10.1. The van der Waals surface area contributed by atoms with Crippen molar-refractivity contribution in [3.63, 3.8) is 0 Å². The zero-order valence-electron chi connectivity index (χ0n) is 10.1. The summed E-state index contributed by atoms with van der Waals surface area (Å²) in [6.45, 7) is 0.0178. The molecule has 0 aliphatic heterocycles. The highest BCUT2D eigenvalue weighted by atomic mass is 16.5. The van der Waals surface area contributed by atoms with Crippen molar-refractivity contribution in [3.8, 4) is 0 Å². The molecule has 2 aromatic rings. The molecule has 0 saturated carbocycles. The number of para-hydroxylation sites is 1. The van der Waals surface area contributed by atoms with Crippen LogP contribution in [0, 0.1) is 0 Å². The third-order valence-electron chi connectivity index (χ3n) is 2.48. The number of hydrogen-bond donors (Lipinski definition) is 2. The van der Waals surface area contributed by atoms with Gasteiger partial charge in [0.05, 0.1) is 12.2 Å². The predicted molar refractivity (Wildman–Crippen MR) is 67.0 cm³/mol. The van der Waals surface area contributed by atoms with Crippen LogP contribution in [0.4, 0.5) is 0 Å². The lowest BCUT2D eigenvalue weighted by molar-refractivity contribution is -0.142. The first-order valence-corrected chi connectivity index (χ1v) is 5.72. The van der Waals surface area contributed by atoms with Crippen molar-refractivity contribution in [1.82, 2.24) is 5.32 Å². The third-order valence-corrected chi connectivity index (χ3v) is 2.48. The molecule has 0 bridgehead atoms. The van der Waals surface area contributed by atoms with Crippen molar-refractivity contribution >= 4 is 22.8 Å². The minimum absolute atomic E-state index is 0.147. The van der Waals surface area contributed by atoms with Gasteiger partial charge in [0.2, 0.25) is 0 Å². The summed E-state index contributed by atoms with van der Waals surface area (Å²) in [6.07, 6.45) is 1.40. The van der Waals surface area contributed by atoms with E-state index in [2.05, 4.69) is 5.32 Å². The smallest absolute Gasteiger partial charge is 0.329 e. The van der Waals surface area contributed by atoms with Crippen LogP contribution < -0.4 is 5.32 Å². The molecule has 0 aliphatic carbocycles. The standard InChI is InChI=1S/C13H13NO5/c15-12(16)8-18-6-5-14-13(17)10-7-19-11-4-2-1-3-9(10)11/h1-4,7H,5-6,8H2,(H,14,17)(H,15,16). The number of amides is 1. The van der Waals surface area contributed by atoms with Gasteiger partial charge in [-0.15, -0.1) is 0 Å². The number of carboxylic acids is 1. The summed E-state index contributed by atoms with van der Waals surface area (Å²) in [5.74, 6) is -1.31. The van der Waals surface area contributed by atoms with Gasteiger partial charge in [-0.1, -0.05) is 18.2 Å². The lowest BCUT2D eigenvalue weighted by Gasteiger charge is -2.03. The fraction of sp³-hybridized carbons (Fsp3) is 0.231. The van der Waals surface area contributed by atoms with Crippen LogP contribution in [0.15, 0.2) is 34.9 Å². The Balaban J connectivity index is 1.88. The second-order valence-electron chi connectivity index (χ2n) is 3.85. The molecule has 0 unspecified atom stereocenters. The molecule has 1 aromatic heterocycles. The number of hydrogen-bond acceptors (Lipinski definition) is 4. The number of benzene rings is 1. The van der Waals surface area contributed by atoms with E-state index in [-0.39, 0.29) is 25.7 Å². The van der Waals surface area contributed by atoms with Crippen LogP contribution in [0.3, 0.4) is 0 Å². The molecule has 6 nitrogen and oxygen atoms in total. The van der Waals surface area contributed by atoms with E-state index in [4.69, 9.17) is 14.3 Å². The van der Waals surface area contributed by atoms with E-state index in [9.17, 15) is 9.59 Å². The van der Waals surface area contributed by atoms with Crippen LogP contribution >= 0.6 is 0 Å². The fourth-order valence-electron chi connectivity index (χ4n) is 1.65. The maximum absolute atomic E-state index is 11.9. The number of aliphatic carboxylic acids is 1. The first-order valence-electron chi connectivity index (χ1n) is 5.72. The van der Waals surface area contributed by atoms with E-state index < -0.39 is 5.97 Å². The van der Waals surface area contributed by atoms with Gasteiger partial charge in [-0.3, -0.25) is 4.79 Å². The van der Waals surface area contributed by atoms with Gasteiger partial charge in [0.15, 0.2) is 0 Å². The lowest BCUT2D eigenvalue weighted by atomic mass is 10.1. The predicted octanol–water partition coefficient (Wildman–Crippen LogP) is 1.26. The monoisotopic (exact) mass is 263 g/mol. The largest absolute Gasteiger partial charge is 0.480 e. The number of rotatable bonds is 6. The highest BCUT2D eigenvalue weighted by Crippen LogP contribution is 2.20. The molecule has 6 heteroatoms. The number of carboxylic acid groups (broad SMARTS) is 1. The Morgan fingerprint density at radius 3 is 2.89 bits per heavy atom. The first kappa shape index (κ1) is 13.1. The van der Waals surface area contributed by atoms with Gasteiger partial charge < -0.3 is 19.6 Å². The van der Waals surface area contributed by atoms with Gasteiger partial charge in [-0.2, -0.15) is 0 Å². The Hall–Kier alpha value is -2.34. The van der Waals surface area contributed by atoms with Crippen molar-refractivity contribution in [2.75, 3.05) is 19.8 Å². The van der Waals surface area contributed by atoms with Crippen LogP contribution in [0.2, 0.25) is 0 Å². The normalized spacial score (nSPS) is 10.5. The summed E-state index contributed by atoms with van der Waals surface area (Å²) in [4.78, 5) is 22.1. The fourth-order valence-corrected chi connectivity index (χ4v) is 1.65. The summed E-state index contributed by atoms with van der Waals surface area (Å²) in [5.41, 5.74) is 1.10. The van der Waals surface area contributed by atoms with E-state index >= 15 is 0 Å². The number of fused-ring (bicyclic) bond motifs is 1. The summed E-state index contributed by atoms with van der Waals surface area (Å²) >= 11 is 0. The minimum Gasteiger partial charge on any atom is -0.480 e. The van der Waals surface area contributed by atoms with Gasteiger partial charge in [0.25, 0.3) is 5.91 Å². The third kappa shape index (κ3) is 3.32. The van der Waals surface area contributed by atoms with Crippen molar-refractivity contribution in [2.24, 2.45) is 0 Å². The van der Waals surface area contributed by atoms with Crippen molar-refractivity contribution in [1.29, 1.82) is 0 Å². The van der Waals surface area contributed by atoms with E-state index in [1.165, 1.54) is 6.26 Å². The second kappa shape index (κ2) is 6.01. The average molecular weight is 263 g/mol. The molecular formula is C13H13NO5. The SMILES string of the molecule is O=C(O)COCCNC(=O)c1coc2ccccc12. The Morgan fingerprint density at radius 1 is 1.32 bits per heavy atom. The van der Waals surface area contributed by atoms with Gasteiger partial charge in [0, 0.05) is 11.9 Å². The number of furan rings is 1. The van der Waals surface area contributed by atoms with Gasteiger partial charge >= 0.3 is 5.97 Å². The van der Waals surface area contributed by atoms with Crippen molar-refractivity contribution in [2.45, 2.75) is 0 Å². The molecule has 100 valence electrons. The van der Waals surface area contributed by atoms with E-state index in [0.717, 1.165) is 5.39 Å². The molecule has 0 fully saturated rings. The average Bonchev–Trinajstić information content (AvgIpc) is 2.81. The van der Waals surface area contributed by atoms with E-state index in [1.54, 1.807) is 12.1 Å². The number of ether oxygens (including phenoxy) is 1. The van der Waals surface area contributed by atoms with Gasteiger partial charge in [0.1, 0.15) is 18.5 Å². The Kier molecular flexibility index (Phi) is 4.15. The van der Waals surface area contributed by atoms with Crippen LogP contribution in [0.5, 0.6) is 0 Å². The highest BCUT2D eigenvalue weighted by Gasteiger charge is 2.12. The molecule has 0 atom stereocenters. The Labute approximate surface area is 109 Å². The quantitative estimate of drug-likeness (QED) is 0.766. The van der Waals surface area contributed by atoms with Crippen LogP contribution in [0.25, 0.3) is 11.0 Å². The maximum atomic E-state index is 11.9. The Morgan fingerprint density at radius 2 is 2.11 bits per heavy atom. The maximum Gasteiger partial charge on any atom is 0.329 e. The molecule has 2 rings (SSSR count). The minimum atomic E-state index is -1.04. The van der Waals surface area contributed by atoms with Gasteiger partial charge in [-0.05, 0) is 6.07 Å².